The molecule has 0 saturated heterocycles. The largest absolute Gasteiger partial charge is 0.313 e. The fourth-order valence-electron chi connectivity index (χ4n) is 2.04. The van der Waals surface area contributed by atoms with Gasteiger partial charge in [-0.3, -0.25) is 0 Å². The molecule has 0 amide bonds. The predicted molar refractivity (Wildman–Crippen MR) is 71.0 cm³/mol. The Bertz CT molecular complexity index is 479. The van der Waals surface area contributed by atoms with Crippen molar-refractivity contribution in [2.75, 3.05) is 7.05 Å². The molecule has 1 atom stereocenters. The summed E-state index contributed by atoms with van der Waals surface area (Å²) in [5.41, 5.74) is 3.48. The molecule has 1 aromatic heterocycles. The molecule has 0 spiro atoms. The number of nitrogens with one attached hydrogen (secondary N) is 1. The fourth-order valence-corrected chi connectivity index (χ4v) is 2.72. The number of benzene rings is 1. The molecule has 17 heavy (non-hydrogen) atoms. The normalized spacial score (nSPS) is 12.6. The molecule has 1 unspecified atom stereocenters. The van der Waals surface area contributed by atoms with Crippen LogP contribution in [0.2, 0.25) is 0 Å². The number of likely N-dealkylation sites (N-methyl/N-ethyl adjacent to an activating group) is 1. The highest BCUT2D eigenvalue weighted by Crippen LogP contribution is 2.23. The van der Waals surface area contributed by atoms with Crippen LogP contribution >= 0.6 is 11.3 Å². The second-order valence-electron chi connectivity index (χ2n) is 4.18. The van der Waals surface area contributed by atoms with E-state index in [0.717, 1.165) is 12.0 Å². The molecule has 1 heterocycles. The highest BCUT2D eigenvalue weighted by molar-refractivity contribution is 7.07. The molecule has 1 aromatic carbocycles. The molecule has 0 aliphatic rings. The van der Waals surface area contributed by atoms with Crippen LogP contribution < -0.4 is 5.32 Å². The summed E-state index contributed by atoms with van der Waals surface area (Å²) in [6, 6.07) is 7.37. The van der Waals surface area contributed by atoms with Crippen molar-refractivity contribution in [1.29, 1.82) is 0 Å². The Morgan fingerprint density at radius 2 is 2.18 bits per heavy atom. The SMILES string of the molecule is CNC(Cc1ccsc1)c1ccc(F)cc1C. The standard InChI is InChI=1S/C14H16FNS/c1-10-7-12(15)3-4-13(10)14(16-2)8-11-5-6-17-9-11/h3-7,9,14,16H,8H2,1-2H3. The number of halogens is 1. The molecular weight excluding hydrogens is 233 g/mol. The summed E-state index contributed by atoms with van der Waals surface area (Å²) in [6.07, 6.45) is 0.937. The van der Waals surface area contributed by atoms with Gasteiger partial charge in [-0.2, -0.15) is 11.3 Å². The Morgan fingerprint density at radius 3 is 2.76 bits per heavy atom. The van der Waals surface area contributed by atoms with E-state index in [9.17, 15) is 4.39 Å². The summed E-state index contributed by atoms with van der Waals surface area (Å²) in [5, 5.41) is 7.54. The van der Waals surface area contributed by atoms with Crippen molar-refractivity contribution >= 4 is 11.3 Å². The first-order chi connectivity index (χ1) is 8.20. The fraction of sp³-hybridized carbons (Fsp3) is 0.286. The van der Waals surface area contributed by atoms with Gasteiger partial charge in [0.25, 0.3) is 0 Å². The molecule has 0 aliphatic heterocycles. The first kappa shape index (κ1) is 12.3. The van der Waals surface area contributed by atoms with Gasteiger partial charge in [0.15, 0.2) is 0 Å². The Hall–Kier alpha value is -1.19. The van der Waals surface area contributed by atoms with Gasteiger partial charge in [-0.15, -0.1) is 0 Å². The van der Waals surface area contributed by atoms with Crippen LogP contribution in [0.5, 0.6) is 0 Å². The quantitative estimate of drug-likeness (QED) is 0.871. The lowest BCUT2D eigenvalue weighted by Gasteiger charge is -2.18. The van der Waals surface area contributed by atoms with Crippen molar-refractivity contribution in [1.82, 2.24) is 5.32 Å². The van der Waals surface area contributed by atoms with Gasteiger partial charge >= 0.3 is 0 Å². The second kappa shape index (κ2) is 5.43. The maximum Gasteiger partial charge on any atom is 0.123 e. The Balaban J connectivity index is 2.23. The lowest BCUT2D eigenvalue weighted by molar-refractivity contribution is 0.582. The first-order valence-electron chi connectivity index (χ1n) is 5.65. The summed E-state index contributed by atoms with van der Waals surface area (Å²) in [6.45, 7) is 1.95. The zero-order chi connectivity index (χ0) is 12.3. The number of hydrogen-bond acceptors (Lipinski definition) is 2. The third kappa shape index (κ3) is 2.93. The van der Waals surface area contributed by atoms with Crippen molar-refractivity contribution < 1.29 is 4.39 Å². The minimum atomic E-state index is -0.170. The lowest BCUT2D eigenvalue weighted by atomic mass is 9.96. The smallest absolute Gasteiger partial charge is 0.123 e. The molecule has 1 N–H and O–H groups in total. The number of thiophene rings is 1. The van der Waals surface area contributed by atoms with Gasteiger partial charge in [0.05, 0.1) is 0 Å². The van der Waals surface area contributed by atoms with Crippen LogP contribution in [0.15, 0.2) is 35.0 Å². The van der Waals surface area contributed by atoms with Gasteiger partial charge in [0.1, 0.15) is 5.82 Å². The topological polar surface area (TPSA) is 12.0 Å². The number of aryl methyl sites for hydroxylation is 1. The third-order valence-corrected chi connectivity index (χ3v) is 3.71. The maximum atomic E-state index is 13.1. The summed E-state index contributed by atoms with van der Waals surface area (Å²) in [7, 11) is 1.94. The van der Waals surface area contributed by atoms with E-state index in [4.69, 9.17) is 0 Å². The minimum Gasteiger partial charge on any atom is -0.313 e. The first-order valence-corrected chi connectivity index (χ1v) is 6.59. The van der Waals surface area contributed by atoms with E-state index < -0.39 is 0 Å². The van der Waals surface area contributed by atoms with Crippen molar-refractivity contribution in [3.8, 4) is 0 Å². The molecule has 0 saturated carbocycles. The molecule has 0 radical (unpaired) electrons. The van der Waals surface area contributed by atoms with Crippen molar-refractivity contribution in [3.63, 3.8) is 0 Å². The van der Waals surface area contributed by atoms with E-state index in [1.165, 1.54) is 17.2 Å². The summed E-state index contributed by atoms with van der Waals surface area (Å²) in [4.78, 5) is 0. The second-order valence-corrected chi connectivity index (χ2v) is 4.96. The zero-order valence-corrected chi connectivity index (χ0v) is 10.9. The average Bonchev–Trinajstić information content (AvgIpc) is 2.79. The summed E-state index contributed by atoms with van der Waals surface area (Å²) in [5.74, 6) is -0.170. The predicted octanol–water partition coefficient (Wildman–Crippen LogP) is 3.70. The van der Waals surface area contributed by atoms with Gasteiger partial charge in [0, 0.05) is 6.04 Å². The van der Waals surface area contributed by atoms with Crippen LogP contribution in [0.25, 0.3) is 0 Å². The van der Waals surface area contributed by atoms with Gasteiger partial charge < -0.3 is 5.32 Å². The van der Waals surface area contributed by atoms with E-state index >= 15 is 0 Å². The average molecular weight is 249 g/mol. The van der Waals surface area contributed by atoms with E-state index in [1.807, 2.05) is 20.0 Å². The van der Waals surface area contributed by atoms with Crippen LogP contribution in [0.1, 0.15) is 22.7 Å². The Labute approximate surface area is 105 Å². The molecule has 2 rings (SSSR count). The van der Waals surface area contributed by atoms with Gasteiger partial charge in [-0.05, 0) is 66.0 Å². The van der Waals surface area contributed by atoms with Crippen LogP contribution in [0.3, 0.4) is 0 Å². The summed E-state index contributed by atoms with van der Waals surface area (Å²) >= 11 is 1.71. The lowest BCUT2D eigenvalue weighted by Crippen LogP contribution is -2.19. The number of hydrogen-bond donors (Lipinski definition) is 1. The van der Waals surface area contributed by atoms with E-state index in [0.29, 0.717) is 0 Å². The Kier molecular flexibility index (Phi) is 3.92. The summed E-state index contributed by atoms with van der Waals surface area (Å²) < 4.78 is 13.1. The van der Waals surface area contributed by atoms with Crippen LogP contribution in [0.4, 0.5) is 4.39 Å². The van der Waals surface area contributed by atoms with Crippen molar-refractivity contribution in [2.45, 2.75) is 19.4 Å². The van der Waals surface area contributed by atoms with Crippen LogP contribution in [-0.2, 0) is 6.42 Å². The van der Waals surface area contributed by atoms with Crippen molar-refractivity contribution in [3.05, 3.63) is 57.5 Å². The molecule has 90 valence electrons. The number of rotatable bonds is 4. The van der Waals surface area contributed by atoms with E-state index in [2.05, 4.69) is 22.1 Å². The van der Waals surface area contributed by atoms with Gasteiger partial charge in [-0.1, -0.05) is 6.07 Å². The molecule has 2 aromatic rings. The molecule has 0 aliphatic carbocycles. The molecule has 0 fully saturated rings. The molecule has 3 heteroatoms. The highest BCUT2D eigenvalue weighted by Gasteiger charge is 2.13. The monoisotopic (exact) mass is 249 g/mol. The van der Waals surface area contributed by atoms with Crippen molar-refractivity contribution in [2.24, 2.45) is 0 Å². The van der Waals surface area contributed by atoms with Gasteiger partial charge in [-0.25, -0.2) is 4.39 Å². The van der Waals surface area contributed by atoms with E-state index in [-0.39, 0.29) is 11.9 Å². The highest BCUT2D eigenvalue weighted by atomic mass is 32.1. The molecule has 0 bridgehead atoms. The Morgan fingerprint density at radius 1 is 1.35 bits per heavy atom. The third-order valence-electron chi connectivity index (χ3n) is 2.98. The van der Waals surface area contributed by atoms with Crippen LogP contribution in [-0.4, -0.2) is 7.05 Å². The van der Waals surface area contributed by atoms with E-state index in [1.54, 1.807) is 17.4 Å². The molecule has 1 nitrogen and oxygen atoms in total. The maximum absolute atomic E-state index is 13.1. The molecular formula is C14H16FNS. The van der Waals surface area contributed by atoms with Crippen LogP contribution in [0, 0.1) is 12.7 Å². The zero-order valence-electron chi connectivity index (χ0n) is 10.0. The minimum absolute atomic E-state index is 0.170. The van der Waals surface area contributed by atoms with Gasteiger partial charge in [0.2, 0.25) is 0 Å².